The lowest BCUT2D eigenvalue weighted by Crippen LogP contribution is -2.42. The summed E-state index contributed by atoms with van der Waals surface area (Å²) in [4.78, 5) is 13.3. The predicted molar refractivity (Wildman–Crippen MR) is 82.8 cm³/mol. The minimum atomic E-state index is -0.414. The highest BCUT2D eigenvalue weighted by Gasteiger charge is 2.15. The Balaban J connectivity index is 0.00000324. The van der Waals surface area contributed by atoms with E-state index in [0.717, 1.165) is 10.2 Å². The first-order valence-electron chi connectivity index (χ1n) is 5.93. The van der Waals surface area contributed by atoms with Gasteiger partial charge in [-0.05, 0) is 30.7 Å². The van der Waals surface area contributed by atoms with Crippen LogP contribution >= 0.6 is 28.3 Å². The van der Waals surface area contributed by atoms with E-state index < -0.39 is 6.04 Å². The first-order chi connectivity index (χ1) is 8.54. The maximum absolute atomic E-state index is 11.7. The van der Waals surface area contributed by atoms with E-state index in [1.807, 2.05) is 31.2 Å². The molecule has 6 heteroatoms. The highest BCUT2D eigenvalue weighted by atomic mass is 79.9. The second-order valence-corrected chi connectivity index (χ2v) is 4.99. The number of rotatable bonds is 6. The molecule has 0 aliphatic heterocycles. The van der Waals surface area contributed by atoms with Crippen LogP contribution < -0.4 is 10.5 Å². The summed E-state index contributed by atoms with van der Waals surface area (Å²) in [6, 6.07) is 7.17. The van der Waals surface area contributed by atoms with Gasteiger partial charge in [0, 0.05) is 11.5 Å². The van der Waals surface area contributed by atoms with Crippen molar-refractivity contribution in [2.24, 2.45) is 5.73 Å². The lowest BCUT2D eigenvalue weighted by Gasteiger charge is -2.20. The van der Waals surface area contributed by atoms with Crippen molar-refractivity contribution in [2.45, 2.75) is 19.4 Å². The Hall–Kier alpha value is -0.780. The molecule has 0 aromatic heterocycles. The number of nitrogens with zero attached hydrogens (tertiary/aromatic N) is 1. The van der Waals surface area contributed by atoms with E-state index in [2.05, 4.69) is 15.9 Å². The van der Waals surface area contributed by atoms with Gasteiger partial charge in [-0.1, -0.05) is 22.9 Å². The third-order valence-electron chi connectivity index (χ3n) is 2.64. The van der Waals surface area contributed by atoms with Crippen LogP contribution in [0.2, 0.25) is 0 Å². The average Bonchev–Trinajstić information content (AvgIpc) is 2.39. The molecule has 1 atom stereocenters. The number of carbonyl (C=O) groups is 1. The van der Waals surface area contributed by atoms with Crippen LogP contribution in [0.4, 0.5) is 0 Å². The summed E-state index contributed by atoms with van der Waals surface area (Å²) in [5.41, 5.74) is 5.68. The molecule has 1 aromatic rings. The molecule has 0 saturated heterocycles. The Morgan fingerprint density at radius 1 is 1.42 bits per heavy atom. The molecule has 0 aliphatic carbocycles. The maximum atomic E-state index is 11.7. The van der Waals surface area contributed by atoms with Crippen molar-refractivity contribution < 1.29 is 9.53 Å². The average molecular weight is 352 g/mol. The number of halogens is 2. The molecule has 1 aromatic carbocycles. The SMILES string of the molecule is CC[C@H](N)C(=O)N(C)CCOc1ccc(Br)cc1.Cl. The molecule has 0 saturated carbocycles. The summed E-state index contributed by atoms with van der Waals surface area (Å²) in [6.45, 7) is 2.89. The smallest absolute Gasteiger partial charge is 0.239 e. The molecule has 108 valence electrons. The molecular weight excluding hydrogens is 332 g/mol. The molecule has 0 spiro atoms. The number of hydrogen-bond donors (Lipinski definition) is 1. The van der Waals surface area contributed by atoms with Crippen molar-refractivity contribution >= 4 is 34.2 Å². The Labute approximate surface area is 128 Å². The van der Waals surface area contributed by atoms with Crippen LogP contribution in [0.5, 0.6) is 5.75 Å². The number of nitrogens with two attached hydrogens (primary N) is 1. The van der Waals surface area contributed by atoms with Crippen molar-refractivity contribution in [1.29, 1.82) is 0 Å². The van der Waals surface area contributed by atoms with E-state index in [0.29, 0.717) is 19.6 Å². The van der Waals surface area contributed by atoms with E-state index in [1.54, 1.807) is 11.9 Å². The standard InChI is InChI=1S/C13H19BrN2O2.ClH/c1-3-12(15)13(17)16(2)8-9-18-11-6-4-10(14)5-7-11;/h4-7,12H,3,8-9,15H2,1-2H3;1H/t12-;/m0./s1. The number of benzene rings is 1. The summed E-state index contributed by atoms with van der Waals surface area (Å²) < 4.78 is 6.55. The van der Waals surface area contributed by atoms with Gasteiger partial charge in [0.15, 0.2) is 0 Å². The summed E-state index contributed by atoms with van der Waals surface area (Å²) in [6.07, 6.45) is 0.650. The fourth-order valence-corrected chi connectivity index (χ4v) is 1.66. The van der Waals surface area contributed by atoms with Gasteiger partial charge in [-0.25, -0.2) is 0 Å². The number of amides is 1. The number of ether oxygens (including phenoxy) is 1. The Morgan fingerprint density at radius 2 is 2.00 bits per heavy atom. The zero-order valence-corrected chi connectivity index (χ0v) is 13.5. The third-order valence-corrected chi connectivity index (χ3v) is 3.17. The molecule has 0 heterocycles. The molecule has 19 heavy (non-hydrogen) atoms. The van der Waals surface area contributed by atoms with Crippen molar-refractivity contribution in [3.63, 3.8) is 0 Å². The first-order valence-corrected chi connectivity index (χ1v) is 6.72. The molecule has 0 unspecified atom stereocenters. The van der Waals surface area contributed by atoms with E-state index in [9.17, 15) is 4.79 Å². The van der Waals surface area contributed by atoms with Crippen LogP contribution in [0.15, 0.2) is 28.7 Å². The van der Waals surface area contributed by atoms with Gasteiger partial charge in [0.05, 0.1) is 12.6 Å². The van der Waals surface area contributed by atoms with Crippen molar-refractivity contribution in [1.82, 2.24) is 4.90 Å². The van der Waals surface area contributed by atoms with Gasteiger partial charge in [-0.2, -0.15) is 0 Å². The van der Waals surface area contributed by atoms with Gasteiger partial charge in [0.25, 0.3) is 0 Å². The molecule has 0 bridgehead atoms. The summed E-state index contributed by atoms with van der Waals surface area (Å²) >= 11 is 3.36. The molecule has 0 aliphatic rings. The van der Waals surface area contributed by atoms with Crippen LogP contribution in [0, 0.1) is 0 Å². The van der Waals surface area contributed by atoms with Crippen molar-refractivity contribution in [3.05, 3.63) is 28.7 Å². The van der Waals surface area contributed by atoms with Crippen LogP contribution in [-0.2, 0) is 4.79 Å². The molecule has 1 amide bonds. The Bertz CT molecular complexity index is 387. The van der Waals surface area contributed by atoms with E-state index in [-0.39, 0.29) is 18.3 Å². The van der Waals surface area contributed by atoms with Crippen LogP contribution in [0.3, 0.4) is 0 Å². The largest absolute Gasteiger partial charge is 0.492 e. The Morgan fingerprint density at radius 3 is 2.53 bits per heavy atom. The number of hydrogen-bond acceptors (Lipinski definition) is 3. The van der Waals surface area contributed by atoms with E-state index in [4.69, 9.17) is 10.5 Å². The minimum Gasteiger partial charge on any atom is -0.492 e. The maximum Gasteiger partial charge on any atom is 0.239 e. The molecular formula is C13H20BrClN2O2. The molecule has 2 N–H and O–H groups in total. The number of carbonyl (C=O) groups excluding carboxylic acids is 1. The van der Waals surface area contributed by atoms with Gasteiger partial charge < -0.3 is 15.4 Å². The molecule has 4 nitrogen and oxygen atoms in total. The normalized spacial score (nSPS) is 11.4. The highest BCUT2D eigenvalue weighted by molar-refractivity contribution is 9.10. The van der Waals surface area contributed by atoms with Crippen LogP contribution in [0.1, 0.15) is 13.3 Å². The fourth-order valence-electron chi connectivity index (χ4n) is 1.40. The monoisotopic (exact) mass is 350 g/mol. The Kier molecular flexibility index (Phi) is 8.80. The quantitative estimate of drug-likeness (QED) is 0.856. The van der Waals surface area contributed by atoms with Gasteiger partial charge in [0.2, 0.25) is 5.91 Å². The van der Waals surface area contributed by atoms with E-state index >= 15 is 0 Å². The second-order valence-electron chi connectivity index (χ2n) is 4.08. The fraction of sp³-hybridized carbons (Fsp3) is 0.462. The zero-order chi connectivity index (χ0) is 13.5. The first kappa shape index (κ1) is 18.2. The highest BCUT2D eigenvalue weighted by Crippen LogP contribution is 2.15. The third kappa shape index (κ3) is 6.27. The zero-order valence-electron chi connectivity index (χ0n) is 11.1. The van der Waals surface area contributed by atoms with Crippen LogP contribution in [-0.4, -0.2) is 37.0 Å². The molecule has 0 fully saturated rings. The summed E-state index contributed by atoms with van der Waals surface area (Å²) in [5.74, 6) is 0.746. The molecule has 1 rings (SSSR count). The van der Waals surface area contributed by atoms with Crippen molar-refractivity contribution in [2.75, 3.05) is 20.2 Å². The van der Waals surface area contributed by atoms with Crippen LogP contribution in [0.25, 0.3) is 0 Å². The van der Waals surface area contributed by atoms with Crippen molar-refractivity contribution in [3.8, 4) is 5.75 Å². The lowest BCUT2D eigenvalue weighted by atomic mass is 10.2. The topological polar surface area (TPSA) is 55.6 Å². The lowest BCUT2D eigenvalue weighted by molar-refractivity contribution is -0.131. The van der Waals surface area contributed by atoms with Gasteiger partial charge >= 0.3 is 0 Å². The summed E-state index contributed by atoms with van der Waals surface area (Å²) in [7, 11) is 1.74. The molecule has 0 radical (unpaired) electrons. The van der Waals surface area contributed by atoms with Gasteiger partial charge in [0.1, 0.15) is 12.4 Å². The van der Waals surface area contributed by atoms with E-state index in [1.165, 1.54) is 0 Å². The van der Waals surface area contributed by atoms with Gasteiger partial charge in [-0.15, -0.1) is 12.4 Å². The van der Waals surface area contributed by atoms with Gasteiger partial charge in [-0.3, -0.25) is 4.79 Å². The minimum absolute atomic E-state index is 0. The predicted octanol–water partition coefficient (Wildman–Crippen LogP) is 2.45. The second kappa shape index (κ2) is 9.18. The number of likely N-dealkylation sites (N-methyl/N-ethyl adjacent to an activating group) is 1. The summed E-state index contributed by atoms with van der Waals surface area (Å²) in [5, 5.41) is 0.